The number of imidazole rings is 1. The van der Waals surface area contributed by atoms with Gasteiger partial charge in [-0.25, -0.2) is 9.78 Å². The number of carbonyl (C=O) groups is 1. The molecule has 0 bridgehead atoms. The van der Waals surface area contributed by atoms with Crippen molar-refractivity contribution in [3.05, 3.63) is 40.8 Å². The van der Waals surface area contributed by atoms with Gasteiger partial charge in [0, 0.05) is 6.20 Å². The molecule has 0 spiro atoms. The standard InChI is InChI=1S/C13H10ClN3O2S/c1-6-11(12(18)19)17-5-10(20-13(17)16-6)7-2-3-9(15)8(14)4-7/h2-5H,15H2,1H3,(H,18,19). The molecule has 1 aromatic carbocycles. The van der Waals surface area contributed by atoms with Crippen molar-refractivity contribution in [3.8, 4) is 10.4 Å². The number of anilines is 1. The third-order valence-electron chi connectivity index (χ3n) is 2.99. The Labute approximate surface area is 123 Å². The van der Waals surface area contributed by atoms with Gasteiger partial charge in [0.25, 0.3) is 0 Å². The van der Waals surface area contributed by atoms with E-state index in [4.69, 9.17) is 17.3 Å². The highest BCUT2D eigenvalue weighted by Crippen LogP contribution is 2.33. The predicted octanol–water partition coefficient (Wildman–Crippen LogP) is 3.31. The summed E-state index contributed by atoms with van der Waals surface area (Å²) >= 11 is 7.41. The lowest BCUT2D eigenvalue weighted by molar-refractivity contribution is 0.0688. The number of hydrogen-bond donors (Lipinski definition) is 2. The number of rotatable bonds is 2. The van der Waals surface area contributed by atoms with Gasteiger partial charge in [-0.1, -0.05) is 29.0 Å². The third kappa shape index (κ3) is 1.93. The van der Waals surface area contributed by atoms with Crippen LogP contribution in [0.4, 0.5) is 5.69 Å². The topological polar surface area (TPSA) is 80.6 Å². The Morgan fingerprint density at radius 1 is 1.50 bits per heavy atom. The summed E-state index contributed by atoms with van der Waals surface area (Å²) in [7, 11) is 0. The number of thiazole rings is 1. The van der Waals surface area contributed by atoms with Gasteiger partial charge >= 0.3 is 5.97 Å². The third-order valence-corrected chi connectivity index (χ3v) is 4.35. The molecule has 2 heterocycles. The number of nitrogens with two attached hydrogens (primary N) is 1. The van der Waals surface area contributed by atoms with Crippen LogP contribution < -0.4 is 5.73 Å². The molecule has 102 valence electrons. The summed E-state index contributed by atoms with van der Waals surface area (Å²) in [4.78, 5) is 17.0. The Bertz CT molecular complexity index is 838. The van der Waals surface area contributed by atoms with E-state index in [1.165, 1.54) is 11.3 Å². The Morgan fingerprint density at radius 3 is 2.90 bits per heavy atom. The molecule has 0 amide bonds. The first-order valence-electron chi connectivity index (χ1n) is 5.74. The van der Waals surface area contributed by atoms with Crippen LogP contribution in [0.1, 0.15) is 16.2 Å². The van der Waals surface area contributed by atoms with Crippen LogP contribution in [0.3, 0.4) is 0 Å². The minimum Gasteiger partial charge on any atom is -0.477 e. The molecular weight excluding hydrogens is 298 g/mol. The van der Waals surface area contributed by atoms with Crippen LogP contribution >= 0.6 is 22.9 Å². The van der Waals surface area contributed by atoms with E-state index in [1.807, 2.05) is 6.07 Å². The lowest BCUT2D eigenvalue weighted by Gasteiger charge is -2.00. The Balaban J connectivity index is 2.18. The van der Waals surface area contributed by atoms with Gasteiger partial charge in [-0.2, -0.15) is 0 Å². The average Bonchev–Trinajstić information content (AvgIpc) is 2.88. The van der Waals surface area contributed by atoms with E-state index >= 15 is 0 Å². The number of aromatic carboxylic acids is 1. The van der Waals surface area contributed by atoms with E-state index in [-0.39, 0.29) is 5.69 Å². The first-order chi connectivity index (χ1) is 9.47. The fraction of sp³-hybridized carbons (Fsp3) is 0.0769. The van der Waals surface area contributed by atoms with Crippen LogP contribution in [0.15, 0.2) is 24.4 Å². The van der Waals surface area contributed by atoms with E-state index in [0.717, 1.165) is 10.4 Å². The lowest BCUT2D eigenvalue weighted by Crippen LogP contribution is -2.02. The summed E-state index contributed by atoms with van der Waals surface area (Å²) in [6, 6.07) is 5.33. The van der Waals surface area contributed by atoms with Gasteiger partial charge in [-0.3, -0.25) is 4.40 Å². The molecule has 0 atom stereocenters. The van der Waals surface area contributed by atoms with Crippen molar-refractivity contribution in [1.82, 2.24) is 9.38 Å². The molecule has 5 nitrogen and oxygen atoms in total. The van der Waals surface area contributed by atoms with Gasteiger partial charge in [0.2, 0.25) is 0 Å². The molecule has 20 heavy (non-hydrogen) atoms. The number of carboxylic acid groups (broad SMARTS) is 1. The zero-order chi connectivity index (χ0) is 14.4. The molecule has 0 fully saturated rings. The van der Waals surface area contributed by atoms with Gasteiger partial charge in [0.05, 0.1) is 21.3 Å². The highest BCUT2D eigenvalue weighted by Gasteiger charge is 2.18. The molecule has 0 saturated heterocycles. The molecular formula is C13H10ClN3O2S. The van der Waals surface area contributed by atoms with E-state index in [2.05, 4.69) is 4.98 Å². The van der Waals surface area contributed by atoms with Gasteiger partial charge < -0.3 is 10.8 Å². The van der Waals surface area contributed by atoms with Crippen LogP contribution in [0.25, 0.3) is 15.4 Å². The summed E-state index contributed by atoms with van der Waals surface area (Å²) < 4.78 is 1.59. The van der Waals surface area contributed by atoms with Gasteiger partial charge in [0.1, 0.15) is 0 Å². The summed E-state index contributed by atoms with van der Waals surface area (Å²) in [6.45, 7) is 1.68. The van der Waals surface area contributed by atoms with Crippen LogP contribution in [-0.2, 0) is 0 Å². The quantitative estimate of drug-likeness (QED) is 0.712. The van der Waals surface area contributed by atoms with Crippen molar-refractivity contribution in [2.75, 3.05) is 5.73 Å². The maximum atomic E-state index is 11.2. The van der Waals surface area contributed by atoms with Crippen molar-refractivity contribution in [1.29, 1.82) is 0 Å². The number of hydrogen-bond acceptors (Lipinski definition) is 4. The zero-order valence-corrected chi connectivity index (χ0v) is 12.0. The molecule has 3 N–H and O–H groups in total. The number of halogens is 1. The fourth-order valence-electron chi connectivity index (χ4n) is 2.03. The molecule has 7 heteroatoms. The van der Waals surface area contributed by atoms with E-state index in [9.17, 15) is 9.90 Å². The van der Waals surface area contributed by atoms with Gasteiger partial charge in [0.15, 0.2) is 10.7 Å². The summed E-state index contributed by atoms with van der Waals surface area (Å²) in [6.07, 6.45) is 1.76. The van der Waals surface area contributed by atoms with E-state index in [0.29, 0.717) is 21.4 Å². The van der Waals surface area contributed by atoms with Gasteiger partial charge in [-0.15, -0.1) is 0 Å². The Hall–Kier alpha value is -2.05. The average molecular weight is 308 g/mol. The second kappa shape index (κ2) is 4.50. The van der Waals surface area contributed by atoms with E-state index < -0.39 is 5.97 Å². The molecule has 0 aliphatic heterocycles. The molecule has 0 unspecified atom stereocenters. The highest BCUT2D eigenvalue weighted by molar-refractivity contribution is 7.20. The molecule has 3 aromatic rings. The number of aromatic nitrogens is 2. The fourth-order valence-corrected chi connectivity index (χ4v) is 3.23. The SMILES string of the molecule is Cc1nc2sc(-c3ccc(N)c(Cl)c3)cn2c1C(=O)O. The zero-order valence-electron chi connectivity index (χ0n) is 10.4. The summed E-state index contributed by atoms with van der Waals surface area (Å²) in [5.41, 5.74) is 7.77. The highest BCUT2D eigenvalue weighted by atomic mass is 35.5. The monoisotopic (exact) mass is 307 g/mol. The van der Waals surface area contributed by atoms with Crippen LogP contribution in [0.2, 0.25) is 5.02 Å². The number of nitrogens with zero attached hydrogens (tertiary/aromatic N) is 2. The first kappa shape index (κ1) is 13.0. The van der Waals surface area contributed by atoms with Gasteiger partial charge in [-0.05, 0) is 24.6 Å². The first-order valence-corrected chi connectivity index (χ1v) is 6.94. The largest absolute Gasteiger partial charge is 0.477 e. The summed E-state index contributed by atoms with van der Waals surface area (Å²) in [5.74, 6) is -0.991. The van der Waals surface area contributed by atoms with Crippen LogP contribution in [0, 0.1) is 6.92 Å². The number of nitrogen functional groups attached to an aromatic ring is 1. The molecule has 0 aliphatic rings. The second-order valence-corrected chi connectivity index (χ2v) is 5.75. The van der Waals surface area contributed by atoms with Crippen molar-refractivity contribution in [3.63, 3.8) is 0 Å². The number of carboxylic acids is 1. The smallest absolute Gasteiger partial charge is 0.354 e. The van der Waals surface area contributed by atoms with E-state index in [1.54, 1.807) is 29.7 Å². The van der Waals surface area contributed by atoms with Crippen molar-refractivity contribution >= 4 is 39.6 Å². The maximum Gasteiger partial charge on any atom is 0.354 e. The lowest BCUT2D eigenvalue weighted by atomic mass is 10.2. The van der Waals surface area contributed by atoms with Crippen molar-refractivity contribution < 1.29 is 9.90 Å². The molecule has 2 aromatic heterocycles. The molecule has 0 saturated carbocycles. The van der Waals surface area contributed by atoms with Crippen molar-refractivity contribution in [2.45, 2.75) is 6.92 Å². The normalized spacial score (nSPS) is 11.1. The Kier molecular flexibility index (Phi) is 2.92. The predicted molar refractivity (Wildman–Crippen MR) is 79.6 cm³/mol. The number of aryl methyl sites for hydroxylation is 1. The molecule has 0 aliphatic carbocycles. The number of fused-ring (bicyclic) bond motifs is 1. The molecule has 3 rings (SSSR count). The van der Waals surface area contributed by atoms with Crippen LogP contribution in [0.5, 0.6) is 0 Å². The maximum absolute atomic E-state index is 11.2. The summed E-state index contributed by atoms with van der Waals surface area (Å²) in [5, 5.41) is 9.69. The second-order valence-electron chi connectivity index (χ2n) is 4.34. The van der Waals surface area contributed by atoms with Crippen molar-refractivity contribution in [2.24, 2.45) is 0 Å². The number of benzene rings is 1. The Morgan fingerprint density at radius 2 is 2.25 bits per heavy atom. The van der Waals surface area contributed by atoms with Crippen LogP contribution in [-0.4, -0.2) is 20.5 Å². The molecule has 0 radical (unpaired) electrons. The minimum absolute atomic E-state index is 0.184. The minimum atomic E-state index is -0.991.